The molecule has 0 amide bonds. The molecule has 3 saturated heterocycles. The van der Waals surface area contributed by atoms with Crippen LogP contribution in [0.5, 0.6) is 0 Å². The van der Waals surface area contributed by atoms with Gasteiger partial charge in [-0.1, -0.05) is 44.6 Å². The van der Waals surface area contributed by atoms with Crippen LogP contribution >= 0.6 is 0 Å². The smallest absolute Gasteiger partial charge is 0.0969 e. The molecule has 0 unspecified atom stereocenters. The molecule has 3 aliphatic rings. The normalized spacial score (nSPS) is 45.2. The van der Waals surface area contributed by atoms with Crippen molar-refractivity contribution in [3.8, 4) is 0 Å². The molecule has 0 aromatic rings. The molecular weight excluding hydrogens is 312 g/mol. The second-order valence-electron chi connectivity index (χ2n) is 8.70. The highest BCUT2D eigenvalue weighted by Gasteiger charge is 2.50. The molecule has 0 radical (unpaired) electrons. The first-order chi connectivity index (χ1) is 11.9. The summed E-state index contributed by atoms with van der Waals surface area (Å²) in [5.41, 5.74) is 1.43. The lowest BCUT2D eigenvalue weighted by Crippen LogP contribution is -2.37. The van der Waals surface area contributed by atoms with E-state index < -0.39 is 0 Å². The van der Waals surface area contributed by atoms with Gasteiger partial charge in [0.2, 0.25) is 0 Å². The summed E-state index contributed by atoms with van der Waals surface area (Å²) in [4.78, 5) is 0. The van der Waals surface area contributed by atoms with Gasteiger partial charge >= 0.3 is 0 Å². The molecule has 3 heterocycles. The van der Waals surface area contributed by atoms with Crippen LogP contribution in [0.25, 0.3) is 0 Å². The van der Waals surface area contributed by atoms with Gasteiger partial charge in [0.25, 0.3) is 0 Å². The standard InChI is InChI=1S/C22H36O3/c1-6-19-12-22(14-23-22)13-20(25-19)9-7-15(2)8-10-21-17(4)11-16(3)18(5)24-21/h7-9,16-21H,6,10-14H2,1-5H3/b9-7+,15-8+/t16-,17+,18-,19-,20-,21+,22+/m1/s1. The Morgan fingerprint density at radius 1 is 1.12 bits per heavy atom. The Balaban J connectivity index is 1.51. The van der Waals surface area contributed by atoms with Gasteiger partial charge < -0.3 is 14.2 Å². The van der Waals surface area contributed by atoms with Gasteiger partial charge in [-0.05, 0) is 44.9 Å². The van der Waals surface area contributed by atoms with E-state index in [9.17, 15) is 0 Å². The highest BCUT2D eigenvalue weighted by Crippen LogP contribution is 2.43. The Morgan fingerprint density at radius 3 is 2.56 bits per heavy atom. The molecule has 1 spiro atoms. The molecule has 0 N–H and O–H groups in total. The summed E-state index contributed by atoms with van der Waals surface area (Å²) >= 11 is 0. The van der Waals surface area contributed by atoms with Crippen LogP contribution in [-0.4, -0.2) is 36.6 Å². The van der Waals surface area contributed by atoms with Gasteiger partial charge in [-0.2, -0.15) is 0 Å². The van der Waals surface area contributed by atoms with E-state index in [1.54, 1.807) is 0 Å². The minimum Gasteiger partial charge on any atom is -0.374 e. The molecule has 0 aromatic heterocycles. The first-order valence-corrected chi connectivity index (χ1v) is 10.2. The molecular formula is C22H36O3. The van der Waals surface area contributed by atoms with Crippen LogP contribution in [0.3, 0.4) is 0 Å². The third-order valence-corrected chi connectivity index (χ3v) is 6.36. The lowest BCUT2D eigenvalue weighted by atomic mass is 9.85. The largest absolute Gasteiger partial charge is 0.374 e. The Labute approximate surface area is 153 Å². The van der Waals surface area contributed by atoms with Crippen molar-refractivity contribution in [3.63, 3.8) is 0 Å². The molecule has 0 saturated carbocycles. The first-order valence-electron chi connectivity index (χ1n) is 10.2. The minimum absolute atomic E-state index is 0.129. The molecule has 0 bridgehead atoms. The summed E-state index contributed by atoms with van der Waals surface area (Å²) in [5.74, 6) is 1.31. The predicted octanol–water partition coefficient (Wildman–Crippen LogP) is 5.06. The molecule has 7 atom stereocenters. The molecule has 3 fully saturated rings. The average Bonchev–Trinajstić information content (AvgIpc) is 3.32. The van der Waals surface area contributed by atoms with E-state index in [2.05, 4.69) is 52.8 Å². The van der Waals surface area contributed by atoms with Crippen molar-refractivity contribution in [1.82, 2.24) is 0 Å². The van der Waals surface area contributed by atoms with Crippen molar-refractivity contribution in [1.29, 1.82) is 0 Å². The zero-order chi connectivity index (χ0) is 18.0. The number of ether oxygens (including phenoxy) is 3. The van der Waals surface area contributed by atoms with Gasteiger partial charge in [0.15, 0.2) is 0 Å². The van der Waals surface area contributed by atoms with Gasteiger partial charge in [-0.25, -0.2) is 0 Å². The second kappa shape index (κ2) is 7.94. The summed E-state index contributed by atoms with van der Waals surface area (Å²) in [7, 11) is 0. The Bertz CT molecular complexity index is 505. The van der Waals surface area contributed by atoms with Crippen LogP contribution in [0, 0.1) is 11.8 Å². The number of hydrogen-bond acceptors (Lipinski definition) is 3. The van der Waals surface area contributed by atoms with Crippen molar-refractivity contribution >= 4 is 0 Å². The van der Waals surface area contributed by atoms with Crippen molar-refractivity contribution in [3.05, 3.63) is 23.8 Å². The zero-order valence-electron chi connectivity index (χ0n) is 16.7. The van der Waals surface area contributed by atoms with Crippen LogP contribution < -0.4 is 0 Å². The summed E-state index contributed by atoms with van der Waals surface area (Å²) in [6.45, 7) is 12.1. The fraction of sp³-hybridized carbons (Fsp3) is 0.818. The second-order valence-corrected chi connectivity index (χ2v) is 8.70. The predicted molar refractivity (Wildman–Crippen MR) is 102 cm³/mol. The van der Waals surface area contributed by atoms with Crippen molar-refractivity contribution in [2.45, 2.75) is 96.7 Å². The molecule has 142 valence electrons. The van der Waals surface area contributed by atoms with E-state index in [1.807, 2.05) is 0 Å². The highest BCUT2D eigenvalue weighted by atomic mass is 16.6. The molecule has 3 nitrogen and oxygen atoms in total. The fourth-order valence-electron chi connectivity index (χ4n) is 4.29. The molecule has 3 rings (SSSR count). The summed E-state index contributed by atoms with van der Waals surface area (Å²) in [6, 6.07) is 0. The van der Waals surface area contributed by atoms with Gasteiger partial charge in [0, 0.05) is 12.8 Å². The maximum absolute atomic E-state index is 6.21. The van der Waals surface area contributed by atoms with Gasteiger partial charge in [-0.15, -0.1) is 0 Å². The van der Waals surface area contributed by atoms with Crippen LogP contribution in [0.15, 0.2) is 23.8 Å². The van der Waals surface area contributed by atoms with E-state index in [1.165, 1.54) is 12.0 Å². The summed E-state index contributed by atoms with van der Waals surface area (Å²) in [5, 5.41) is 0. The maximum Gasteiger partial charge on any atom is 0.0969 e. The zero-order valence-corrected chi connectivity index (χ0v) is 16.7. The topological polar surface area (TPSA) is 31.0 Å². The Hall–Kier alpha value is -0.640. The lowest BCUT2D eigenvalue weighted by molar-refractivity contribution is -0.0958. The van der Waals surface area contributed by atoms with Crippen LogP contribution in [0.2, 0.25) is 0 Å². The van der Waals surface area contributed by atoms with Crippen molar-refractivity contribution < 1.29 is 14.2 Å². The van der Waals surface area contributed by atoms with E-state index in [-0.39, 0.29) is 11.7 Å². The van der Waals surface area contributed by atoms with E-state index >= 15 is 0 Å². The molecule has 3 aliphatic heterocycles. The van der Waals surface area contributed by atoms with Crippen molar-refractivity contribution in [2.24, 2.45) is 11.8 Å². The fourth-order valence-corrected chi connectivity index (χ4v) is 4.29. The van der Waals surface area contributed by atoms with Gasteiger partial charge in [0.1, 0.15) is 0 Å². The first kappa shape index (κ1) is 19.1. The number of hydrogen-bond donors (Lipinski definition) is 0. The number of epoxide rings is 1. The van der Waals surface area contributed by atoms with E-state index in [0.29, 0.717) is 30.1 Å². The summed E-state index contributed by atoms with van der Waals surface area (Å²) < 4.78 is 18.1. The third-order valence-electron chi connectivity index (χ3n) is 6.36. The number of rotatable bonds is 5. The quantitative estimate of drug-likeness (QED) is 0.514. The third kappa shape index (κ3) is 4.96. The Kier molecular flexibility index (Phi) is 6.07. The Morgan fingerprint density at radius 2 is 1.88 bits per heavy atom. The highest BCUT2D eigenvalue weighted by molar-refractivity contribution is 5.19. The molecule has 0 aromatic carbocycles. The monoisotopic (exact) mass is 348 g/mol. The molecule has 3 heteroatoms. The van der Waals surface area contributed by atoms with Gasteiger partial charge in [0.05, 0.1) is 36.6 Å². The van der Waals surface area contributed by atoms with Crippen molar-refractivity contribution in [2.75, 3.05) is 6.61 Å². The molecule has 0 aliphatic carbocycles. The average molecular weight is 349 g/mol. The van der Waals surface area contributed by atoms with E-state index in [0.717, 1.165) is 32.3 Å². The van der Waals surface area contributed by atoms with Gasteiger partial charge in [-0.3, -0.25) is 0 Å². The van der Waals surface area contributed by atoms with Crippen LogP contribution in [0.4, 0.5) is 0 Å². The number of allylic oxidation sites excluding steroid dienone is 2. The SMILES string of the molecule is CC[C@@H]1C[C@@]2(CO2)C[C@@H](/C=C/C(C)=C/C[C@@H]2O[C@H](C)[C@H](C)C[C@@H]2C)O1. The summed E-state index contributed by atoms with van der Waals surface area (Å²) in [6.07, 6.45) is 13.4. The molecule has 25 heavy (non-hydrogen) atoms. The lowest BCUT2D eigenvalue weighted by Gasteiger charge is -2.37. The minimum atomic E-state index is 0.129. The van der Waals surface area contributed by atoms with Crippen LogP contribution in [-0.2, 0) is 14.2 Å². The van der Waals surface area contributed by atoms with E-state index in [4.69, 9.17) is 14.2 Å². The maximum atomic E-state index is 6.21. The van der Waals surface area contributed by atoms with Crippen LogP contribution in [0.1, 0.15) is 66.7 Å².